The van der Waals surface area contributed by atoms with Crippen LogP contribution in [0, 0.1) is 0 Å². The number of thioether (sulfide) groups is 1. The van der Waals surface area contributed by atoms with Crippen LogP contribution in [0.3, 0.4) is 0 Å². The Labute approximate surface area is 122 Å². The number of benzene rings is 1. The summed E-state index contributed by atoms with van der Waals surface area (Å²) in [5, 5.41) is 3.52. The third-order valence-corrected chi connectivity index (χ3v) is 3.81. The SMILES string of the molecule is COCCCCSc1cccc(CNC(C)(C)C)c1. The summed E-state index contributed by atoms with van der Waals surface area (Å²) >= 11 is 1.94. The van der Waals surface area contributed by atoms with E-state index in [2.05, 4.69) is 50.4 Å². The van der Waals surface area contributed by atoms with Crippen molar-refractivity contribution in [2.75, 3.05) is 19.5 Å². The lowest BCUT2D eigenvalue weighted by atomic mass is 10.1. The highest BCUT2D eigenvalue weighted by Gasteiger charge is 2.08. The molecule has 0 bridgehead atoms. The highest BCUT2D eigenvalue weighted by Crippen LogP contribution is 2.20. The monoisotopic (exact) mass is 281 g/mol. The molecule has 0 spiro atoms. The molecule has 0 aliphatic heterocycles. The van der Waals surface area contributed by atoms with E-state index in [9.17, 15) is 0 Å². The fourth-order valence-electron chi connectivity index (χ4n) is 1.65. The second-order valence-electron chi connectivity index (χ2n) is 5.80. The van der Waals surface area contributed by atoms with Gasteiger partial charge in [0.1, 0.15) is 0 Å². The summed E-state index contributed by atoms with van der Waals surface area (Å²) in [4.78, 5) is 1.37. The molecule has 0 fully saturated rings. The molecule has 0 amide bonds. The predicted molar refractivity (Wildman–Crippen MR) is 84.9 cm³/mol. The van der Waals surface area contributed by atoms with Gasteiger partial charge in [0.05, 0.1) is 0 Å². The molecule has 0 radical (unpaired) electrons. The van der Waals surface area contributed by atoms with E-state index >= 15 is 0 Å². The van der Waals surface area contributed by atoms with Crippen molar-refractivity contribution in [1.82, 2.24) is 5.32 Å². The fourth-order valence-corrected chi connectivity index (χ4v) is 2.64. The average molecular weight is 281 g/mol. The molecule has 0 saturated carbocycles. The first-order chi connectivity index (χ1) is 9.01. The summed E-state index contributed by atoms with van der Waals surface area (Å²) in [5.74, 6) is 1.17. The molecule has 1 rings (SSSR count). The van der Waals surface area contributed by atoms with Crippen LogP contribution < -0.4 is 5.32 Å². The summed E-state index contributed by atoms with van der Waals surface area (Å²) in [6, 6.07) is 8.83. The second-order valence-corrected chi connectivity index (χ2v) is 6.97. The maximum Gasteiger partial charge on any atom is 0.0462 e. The third-order valence-electron chi connectivity index (χ3n) is 2.73. The van der Waals surface area contributed by atoms with Gasteiger partial charge in [-0.25, -0.2) is 0 Å². The Kier molecular flexibility index (Phi) is 7.51. The zero-order chi connectivity index (χ0) is 14.1. The lowest BCUT2D eigenvalue weighted by Gasteiger charge is -2.20. The minimum Gasteiger partial charge on any atom is -0.385 e. The van der Waals surface area contributed by atoms with E-state index in [0.717, 1.165) is 19.6 Å². The molecule has 3 heteroatoms. The average Bonchev–Trinajstić information content (AvgIpc) is 2.36. The van der Waals surface area contributed by atoms with Crippen molar-refractivity contribution in [1.29, 1.82) is 0 Å². The van der Waals surface area contributed by atoms with Crippen molar-refractivity contribution in [2.45, 2.75) is 50.6 Å². The molecule has 1 aromatic carbocycles. The highest BCUT2D eigenvalue weighted by molar-refractivity contribution is 7.99. The molecule has 108 valence electrons. The highest BCUT2D eigenvalue weighted by atomic mass is 32.2. The van der Waals surface area contributed by atoms with Crippen LogP contribution in [0.4, 0.5) is 0 Å². The van der Waals surface area contributed by atoms with Crippen LogP contribution >= 0.6 is 11.8 Å². The minimum absolute atomic E-state index is 0.170. The smallest absolute Gasteiger partial charge is 0.0462 e. The van der Waals surface area contributed by atoms with Gasteiger partial charge in [-0.2, -0.15) is 0 Å². The van der Waals surface area contributed by atoms with E-state index in [-0.39, 0.29) is 5.54 Å². The Bertz CT molecular complexity index is 360. The van der Waals surface area contributed by atoms with Crippen molar-refractivity contribution in [2.24, 2.45) is 0 Å². The first kappa shape index (κ1) is 16.5. The number of hydrogen-bond acceptors (Lipinski definition) is 3. The van der Waals surface area contributed by atoms with E-state index in [0.29, 0.717) is 0 Å². The number of unbranched alkanes of at least 4 members (excludes halogenated alkanes) is 1. The predicted octanol–water partition coefficient (Wildman–Crippen LogP) is 4.09. The van der Waals surface area contributed by atoms with Gasteiger partial charge in [0.15, 0.2) is 0 Å². The minimum atomic E-state index is 0.170. The molecule has 2 nitrogen and oxygen atoms in total. The summed E-state index contributed by atoms with van der Waals surface area (Å²) in [6.45, 7) is 8.39. The lowest BCUT2D eigenvalue weighted by Crippen LogP contribution is -2.35. The van der Waals surface area contributed by atoms with Gasteiger partial charge in [0.2, 0.25) is 0 Å². The lowest BCUT2D eigenvalue weighted by molar-refractivity contribution is 0.194. The summed E-state index contributed by atoms with van der Waals surface area (Å²) in [6.07, 6.45) is 2.36. The molecule has 0 saturated heterocycles. The largest absolute Gasteiger partial charge is 0.385 e. The number of rotatable bonds is 8. The van der Waals surface area contributed by atoms with Crippen molar-refractivity contribution in [3.05, 3.63) is 29.8 Å². The first-order valence-electron chi connectivity index (χ1n) is 6.97. The summed E-state index contributed by atoms with van der Waals surface area (Å²) in [5.41, 5.74) is 1.53. The van der Waals surface area contributed by atoms with Crippen LogP contribution in [0.15, 0.2) is 29.2 Å². The molecule has 0 atom stereocenters. The topological polar surface area (TPSA) is 21.3 Å². The van der Waals surface area contributed by atoms with Gasteiger partial charge < -0.3 is 10.1 Å². The second kappa shape index (κ2) is 8.62. The van der Waals surface area contributed by atoms with Crippen molar-refractivity contribution in [3.63, 3.8) is 0 Å². The van der Waals surface area contributed by atoms with E-state index in [1.807, 2.05) is 11.8 Å². The summed E-state index contributed by atoms with van der Waals surface area (Å²) in [7, 11) is 1.76. The van der Waals surface area contributed by atoms with Crippen LogP contribution in [0.25, 0.3) is 0 Å². The van der Waals surface area contributed by atoms with E-state index in [1.165, 1.54) is 22.6 Å². The van der Waals surface area contributed by atoms with Gasteiger partial charge in [-0.1, -0.05) is 12.1 Å². The molecular weight excluding hydrogens is 254 g/mol. The van der Waals surface area contributed by atoms with Crippen LogP contribution in [-0.2, 0) is 11.3 Å². The molecule has 0 aromatic heterocycles. The Hall–Kier alpha value is -0.510. The zero-order valence-electron chi connectivity index (χ0n) is 12.7. The van der Waals surface area contributed by atoms with Crippen molar-refractivity contribution in [3.8, 4) is 0 Å². The molecular formula is C16H27NOS. The maximum absolute atomic E-state index is 5.06. The van der Waals surface area contributed by atoms with Crippen LogP contribution in [-0.4, -0.2) is 25.0 Å². The quantitative estimate of drug-likeness (QED) is 0.573. The van der Waals surface area contributed by atoms with E-state index in [1.54, 1.807) is 7.11 Å². The van der Waals surface area contributed by atoms with Gasteiger partial charge in [-0.15, -0.1) is 11.8 Å². The van der Waals surface area contributed by atoms with Crippen molar-refractivity contribution >= 4 is 11.8 Å². The maximum atomic E-state index is 5.06. The van der Waals surface area contributed by atoms with Gasteiger partial charge in [-0.05, 0) is 57.1 Å². The molecule has 0 aliphatic rings. The van der Waals surface area contributed by atoms with Crippen LogP contribution in [0.5, 0.6) is 0 Å². The number of methoxy groups -OCH3 is 1. The van der Waals surface area contributed by atoms with E-state index in [4.69, 9.17) is 4.74 Å². The molecule has 19 heavy (non-hydrogen) atoms. The Morgan fingerprint density at radius 3 is 2.68 bits per heavy atom. The normalized spacial score (nSPS) is 11.8. The van der Waals surface area contributed by atoms with Crippen molar-refractivity contribution < 1.29 is 4.74 Å². The Balaban J connectivity index is 2.35. The number of ether oxygens (including phenoxy) is 1. The molecule has 1 aromatic rings. The molecule has 1 N–H and O–H groups in total. The molecule has 0 heterocycles. The standard InChI is InChI=1S/C16H27NOS/c1-16(2,3)17-13-14-8-7-9-15(12-14)19-11-6-5-10-18-4/h7-9,12,17H,5-6,10-11,13H2,1-4H3. The van der Waals surface area contributed by atoms with Crippen LogP contribution in [0.1, 0.15) is 39.2 Å². The Morgan fingerprint density at radius 2 is 2.00 bits per heavy atom. The molecule has 0 unspecified atom stereocenters. The Morgan fingerprint density at radius 1 is 1.21 bits per heavy atom. The van der Waals surface area contributed by atoms with Gasteiger partial charge in [0.25, 0.3) is 0 Å². The van der Waals surface area contributed by atoms with E-state index < -0.39 is 0 Å². The van der Waals surface area contributed by atoms with Gasteiger partial charge in [-0.3, -0.25) is 0 Å². The van der Waals surface area contributed by atoms with Gasteiger partial charge in [0, 0.05) is 30.7 Å². The number of nitrogens with one attached hydrogen (secondary N) is 1. The van der Waals surface area contributed by atoms with Gasteiger partial charge >= 0.3 is 0 Å². The van der Waals surface area contributed by atoms with Crippen LogP contribution in [0.2, 0.25) is 0 Å². The fraction of sp³-hybridized carbons (Fsp3) is 0.625. The summed E-state index contributed by atoms with van der Waals surface area (Å²) < 4.78 is 5.06. The zero-order valence-corrected chi connectivity index (χ0v) is 13.5. The molecule has 0 aliphatic carbocycles. The third kappa shape index (κ3) is 8.30. The number of hydrogen-bond donors (Lipinski definition) is 1. The first-order valence-corrected chi connectivity index (χ1v) is 7.95.